The van der Waals surface area contributed by atoms with Crippen LogP contribution in [0.4, 0.5) is 0 Å². The van der Waals surface area contributed by atoms with Gasteiger partial charge in [-0.1, -0.05) is 64.1 Å². The van der Waals surface area contributed by atoms with E-state index in [1.54, 1.807) is 0 Å². The average Bonchev–Trinajstić information content (AvgIpc) is 2.83. The van der Waals surface area contributed by atoms with Gasteiger partial charge in [-0.15, -0.1) is 0 Å². The van der Waals surface area contributed by atoms with Crippen molar-refractivity contribution in [2.75, 3.05) is 33.2 Å². The first-order chi connectivity index (χ1) is 14.7. The molecule has 2 amide bonds. The molecule has 170 valence electrons. The summed E-state index contributed by atoms with van der Waals surface area (Å²) in [6, 6.07) is 18.5. The molecular formula is C25H43N3O2. The molecule has 0 heterocycles. The van der Waals surface area contributed by atoms with Gasteiger partial charge in [0.25, 0.3) is 11.8 Å². The Kier molecular flexibility index (Phi) is 16.7. The minimum absolute atomic E-state index is 0. The van der Waals surface area contributed by atoms with Gasteiger partial charge in [-0.2, -0.15) is 0 Å². The Morgan fingerprint density at radius 2 is 1.03 bits per heavy atom. The topological polar surface area (TPSA) is 61.4 Å². The largest absolute Gasteiger partial charge is 0.352 e. The molecule has 0 atom stereocenters. The molecule has 5 heteroatoms. The van der Waals surface area contributed by atoms with Crippen molar-refractivity contribution in [1.29, 1.82) is 0 Å². The van der Waals surface area contributed by atoms with Crippen molar-refractivity contribution in [3.63, 3.8) is 0 Å². The van der Waals surface area contributed by atoms with Crippen LogP contribution in [0.2, 0.25) is 0 Å². The standard InChI is InChI=1S/C21H27N3O2.2C2H6.2H2/c1-24(16-8-14-22-20(25)18-10-4-2-5-11-18)17-9-15-23-21(26)19-12-6-3-7-13-19;2*1-2;;/h2-7,10-13H,8-9,14-17H2,1H3,(H,22,25)(H,23,26);2*1-2H3;2*1H. The van der Waals surface area contributed by atoms with E-state index in [1.807, 2.05) is 88.4 Å². The molecule has 0 aliphatic heterocycles. The van der Waals surface area contributed by atoms with Crippen LogP contribution in [0.15, 0.2) is 60.7 Å². The molecule has 0 unspecified atom stereocenters. The van der Waals surface area contributed by atoms with Gasteiger partial charge in [0.15, 0.2) is 0 Å². The first kappa shape index (κ1) is 27.3. The molecule has 2 N–H and O–H groups in total. The number of hydrogen-bond donors (Lipinski definition) is 2. The summed E-state index contributed by atoms with van der Waals surface area (Å²) in [4.78, 5) is 26.0. The molecule has 0 spiro atoms. The fourth-order valence-corrected chi connectivity index (χ4v) is 2.60. The normalized spacial score (nSPS) is 9.53. The third-order valence-corrected chi connectivity index (χ3v) is 4.08. The molecule has 0 aliphatic rings. The van der Waals surface area contributed by atoms with E-state index in [-0.39, 0.29) is 14.7 Å². The fraction of sp³-hybridized carbons (Fsp3) is 0.440. The van der Waals surface area contributed by atoms with Crippen LogP contribution in [0.25, 0.3) is 0 Å². The Hall–Kier alpha value is -2.66. The summed E-state index contributed by atoms with van der Waals surface area (Å²) < 4.78 is 0. The Morgan fingerprint density at radius 3 is 1.37 bits per heavy atom. The summed E-state index contributed by atoms with van der Waals surface area (Å²) in [5, 5.41) is 5.86. The number of benzene rings is 2. The predicted molar refractivity (Wildman–Crippen MR) is 131 cm³/mol. The van der Waals surface area contributed by atoms with E-state index in [0.717, 1.165) is 25.9 Å². The second-order valence-electron chi connectivity index (χ2n) is 6.25. The predicted octanol–water partition coefficient (Wildman–Crippen LogP) is 5.10. The Balaban J connectivity index is -0.00000132. The first-order valence-corrected chi connectivity index (χ1v) is 11.0. The number of hydrogen-bond acceptors (Lipinski definition) is 3. The lowest BCUT2D eigenvalue weighted by Crippen LogP contribution is -2.30. The van der Waals surface area contributed by atoms with Crippen LogP contribution >= 0.6 is 0 Å². The number of carbonyl (C=O) groups excluding carboxylic acids is 2. The van der Waals surface area contributed by atoms with Gasteiger partial charge < -0.3 is 15.5 Å². The van der Waals surface area contributed by atoms with Crippen LogP contribution in [-0.2, 0) is 0 Å². The molecule has 0 saturated carbocycles. The Bertz CT molecular complexity index is 627. The number of nitrogens with zero attached hydrogens (tertiary/aromatic N) is 1. The third-order valence-electron chi connectivity index (χ3n) is 4.08. The molecule has 0 fully saturated rings. The molecule has 2 aromatic rings. The third kappa shape index (κ3) is 12.0. The van der Waals surface area contributed by atoms with Gasteiger partial charge in [0, 0.05) is 27.1 Å². The minimum atomic E-state index is -0.0307. The smallest absolute Gasteiger partial charge is 0.251 e. The maximum absolute atomic E-state index is 11.9. The molecule has 30 heavy (non-hydrogen) atoms. The van der Waals surface area contributed by atoms with Gasteiger partial charge in [0.2, 0.25) is 0 Å². The van der Waals surface area contributed by atoms with E-state index in [4.69, 9.17) is 0 Å². The quantitative estimate of drug-likeness (QED) is 0.529. The van der Waals surface area contributed by atoms with E-state index >= 15 is 0 Å². The van der Waals surface area contributed by atoms with E-state index in [1.165, 1.54) is 0 Å². The lowest BCUT2D eigenvalue weighted by atomic mass is 10.2. The van der Waals surface area contributed by atoms with Crippen LogP contribution in [0, 0.1) is 0 Å². The summed E-state index contributed by atoms with van der Waals surface area (Å²) >= 11 is 0. The molecule has 0 saturated heterocycles. The summed E-state index contributed by atoms with van der Waals surface area (Å²) in [6.45, 7) is 11.1. The number of nitrogens with one attached hydrogen (secondary N) is 2. The monoisotopic (exact) mass is 417 g/mol. The maximum atomic E-state index is 11.9. The zero-order chi connectivity index (χ0) is 22.6. The average molecular weight is 418 g/mol. The molecule has 0 radical (unpaired) electrons. The van der Waals surface area contributed by atoms with E-state index in [2.05, 4.69) is 22.6 Å². The summed E-state index contributed by atoms with van der Waals surface area (Å²) in [7, 11) is 2.05. The SMILES string of the molecule is CC.CC.CN(CCCNC(=O)c1ccccc1)CCCNC(=O)c1ccccc1.[HH].[HH]. The van der Waals surface area contributed by atoms with Crippen molar-refractivity contribution in [2.24, 2.45) is 0 Å². The molecular weight excluding hydrogens is 374 g/mol. The highest BCUT2D eigenvalue weighted by atomic mass is 16.2. The van der Waals surface area contributed by atoms with Crippen LogP contribution in [0.5, 0.6) is 0 Å². The van der Waals surface area contributed by atoms with Crippen molar-refractivity contribution in [3.8, 4) is 0 Å². The van der Waals surface area contributed by atoms with Gasteiger partial charge in [0.1, 0.15) is 0 Å². The van der Waals surface area contributed by atoms with Crippen LogP contribution in [-0.4, -0.2) is 49.9 Å². The maximum Gasteiger partial charge on any atom is 0.251 e. The second kappa shape index (κ2) is 18.4. The molecule has 0 aliphatic carbocycles. The Morgan fingerprint density at radius 1 is 0.700 bits per heavy atom. The highest BCUT2D eigenvalue weighted by Crippen LogP contribution is 1.99. The van der Waals surface area contributed by atoms with E-state index < -0.39 is 0 Å². The summed E-state index contributed by atoms with van der Waals surface area (Å²) in [6.07, 6.45) is 1.79. The van der Waals surface area contributed by atoms with Crippen LogP contribution in [0.1, 0.15) is 64.1 Å². The fourth-order valence-electron chi connectivity index (χ4n) is 2.60. The lowest BCUT2D eigenvalue weighted by Gasteiger charge is -2.16. The first-order valence-electron chi connectivity index (χ1n) is 11.0. The Labute approximate surface area is 185 Å². The molecule has 2 rings (SSSR count). The van der Waals surface area contributed by atoms with Gasteiger partial charge in [-0.3, -0.25) is 9.59 Å². The molecule has 0 bridgehead atoms. The van der Waals surface area contributed by atoms with Crippen LogP contribution < -0.4 is 10.6 Å². The van der Waals surface area contributed by atoms with Crippen molar-refractivity contribution >= 4 is 11.8 Å². The van der Waals surface area contributed by atoms with Gasteiger partial charge in [-0.25, -0.2) is 0 Å². The van der Waals surface area contributed by atoms with E-state index in [0.29, 0.717) is 24.2 Å². The van der Waals surface area contributed by atoms with Gasteiger partial charge >= 0.3 is 0 Å². The molecule has 5 nitrogen and oxygen atoms in total. The number of amides is 2. The number of rotatable bonds is 10. The van der Waals surface area contributed by atoms with Crippen molar-refractivity contribution in [1.82, 2.24) is 15.5 Å². The molecule has 2 aromatic carbocycles. The van der Waals surface area contributed by atoms with Gasteiger partial charge in [-0.05, 0) is 57.2 Å². The van der Waals surface area contributed by atoms with E-state index in [9.17, 15) is 9.59 Å². The minimum Gasteiger partial charge on any atom is -0.352 e. The lowest BCUT2D eigenvalue weighted by molar-refractivity contribution is 0.0945. The zero-order valence-corrected chi connectivity index (χ0v) is 19.3. The van der Waals surface area contributed by atoms with Gasteiger partial charge in [0.05, 0.1) is 0 Å². The number of carbonyl (C=O) groups is 2. The van der Waals surface area contributed by atoms with Crippen molar-refractivity contribution in [3.05, 3.63) is 71.8 Å². The summed E-state index contributed by atoms with van der Waals surface area (Å²) in [5.41, 5.74) is 1.38. The van der Waals surface area contributed by atoms with Crippen LogP contribution in [0.3, 0.4) is 0 Å². The summed E-state index contributed by atoms with van der Waals surface area (Å²) in [5.74, 6) is -0.0613. The van der Waals surface area contributed by atoms with Crippen molar-refractivity contribution < 1.29 is 12.4 Å². The highest BCUT2D eigenvalue weighted by Gasteiger charge is 2.05. The highest BCUT2D eigenvalue weighted by molar-refractivity contribution is 5.94. The van der Waals surface area contributed by atoms with Crippen molar-refractivity contribution in [2.45, 2.75) is 40.5 Å². The molecule has 0 aromatic heterocycles. The second-order valence-corrected chi connectivity index (χ2v) is 6.25. The zero-order valence-electron chi connectivity index (χ0n) is 19.3.